The summed E-state index contributed by atoms with van der Waals surface area (Å²) in [7, 11) is -1.96. The maximum Gasteiger partial charge on any atom is 0.0737 e. The fourth-order valence-corrected chi connectivity index (χ4v) is 1.46. The molecule has 0 aliphatic rings. The molecule has 0 amide bonds. The lowest BCUT2D eigenvalue weighted by molar-refractivity contribution is 0.682. The molecule has 0 saturated carbocycles. The zero-order chi connectivity index (χ0) is 9.90. The Labute approximate surface area is 80.2 Å². The van der Waals surface area contributed by atoms with Crippen LogP contribution in [0.4, 0.5) is 0 Å². The Kier molecular flexibility index (Phi) is 3.09. The van der Waals surface area contributed by atoms with Gasteiger partial charge < -0.3 is 0 Å². The zero-order valence-corrected chi connectivity index (χ0v) is 9.10. The molecule has 0 radical (unpaired) electrons. The first-order valence-corrected chi connectivity index (χ1v) is 6.49. The Morgan fingerprint density at radius 3 is 2.46 bits per heavy atom. The van der Waals surface area contributed by atoms with Crippen molar-refractivity contribution in [3.8, 4) is 0 Å². The number of hydrogen-bond donors (Lipinski definition) is 0. The van der Waals surface area contributed by atoms with E-state index in [0.717, 1.165) is 5.56 Å². The van der Waals surface area contributed by atoms with Crippen LogP contribution in [0.1, 0.15) is 11.1 Å². The van der Waals surface area contributed by atoms with Gasteiger partial charge in [0, 0.05) is 22.2 Å². The van der Waals surface area contributed by atoms with Gasteiger partial charge in [0.15, 0.2) is 0 Å². The Morgan fingerprint density at radius 1 is 1.31 bits per heavy atom. The van der Waals surface area contributed by atoms with Crippen LogP contribution >= 0.6 is 0 Å². The summed E-state index contributed by atoms with van der Waals surface area (Å²) in [6.07, 6.45) is 3.32. The summed E-state index contributed by atoms with van der Waals surface area (Å²) < 4.78 is 15.4. The van der Waals surface area contributed by atoms with E-state index < -0.39 is 9.73 Å². The molecule has 1 rings (SSSR count). The second-order valence-electron chi connectivity index (χ2n) is 3.39. The highest BCUT2D eigenvalue weighted by Crippen LogP contribution is 2.08. The van der Waals surface area contributed by atoms with E-state index >= 15 is 0 Å². The second-order valence-corrected chi connectivity index (χ2v) is 6.02. The van der Waals surface area contributed by atoms with Crippen LogP contribution in [0.5, 0.6) is 0 Å². The third-order valence-electron chi connectivity index (χ3n) is 1.81. The SMILES string of the molecule is Cc1ccccc1CN=S(C)(C)=O. The zero-order valence-electron chi connectivity index (χ0n) is 8.28. The highest BCUT2D eigenvalue weighted by Gasteiger charge is 1.96. The molecule has 0 spiro atoms. The van der Waals surface area contributed by atoms with Crippen molar-refractivity contribution in [1.29, 1.82) is 0 Å². The maximum absolute atomic E-state index is 11.3. The molecule has 0 saturated heterocycles. The van der Waals surface area contributed by atoms with E-state index in [1.807, 2.05) is 31.2 Å². The smallest absolute Gasteiger partial charge is 0.0737 e. The predicted octanol–water partition coefficient (Wildman–Crippen LogP) is 2.22. The van der Waals surface area contributed by atoms with Crippen LogP contribution in [0.15, 0.2) is 28.6 Å². The molecular weight excluding hydrogens is 182 g/mol. The molecule has 1 aromatic carbocycles. The monoisotopic (exact) mass is 197 g/mol. The second kappa shape index (κ2) is 3.92. The standard InChI is InChI=1S/C10H15NOS/c1-9-6-4-5-7-10(9)8-11-13(2,3)12/h4-7H,8H2,1-3H3. The number of hydrogen-bond acceptors (Lipinski definition) is 2. The summed E-state index contributed by atoms with van der Waals surface area (Å²) in [6, 6.07) is 8.03. The molecule has 13 heavy (non-hydrogen) atoms. The van der Waals surface area contributed by atoms with Crippen molar-refractivity contribution >= 4 is 9.73 Å². The lowest BCUT2D eigenvalue weighted by Crippen LogP contribution is -1.93. The lowest BCUT2D eigenvalue weighted by Gasteiger charge is -2.01. The largest absolute Gasteiger partial charge is 0.250 e. The van der Waals surface area contributed by atoms with Gasteiger partial charge in [-0.1, -0.05) is 24.3 Å². The van der Waals surface area contributed by atoms with E-state index in [4.69, 9.17) is 0 Å². The summed E-state index contributed by atoms with van der Waals surface area (Å²) >= 11 is 0. The predicted molar refractivity (Wildman–Crippen MR) is 57.3 cm³/mol. The molecular formula is C10H15NOS. The van der Waals surface area contributed by atoms with Crippen LogP contribution in [-0.2, 0) is 16.3 Å². The van der Waals surface area contributed by atoms with Gasteiger partial charge >= 0.3 is 0 Å². The van der Waals surface area contributed by atoms with Gasteiger partial charge in [0.1, 0.15) is 0 Å². The molecule has 0 fully saturated rings. The van der Waals surface area contributed by atoms with Crippen molar-refractivity contribution < 1.29 is 4.21 Å². The average molecular weight is 197 g/mol. The normalized spacial score (nSPS) is 11.3. The van der Waals surface area contributed by atoms with Gasteiger partial charge in [0.2, 0.25) is 0 Å². The minimum atomic E-state index is -1.96. The molecule has 3 heteroatoms. The Morgan fingerprint density at radius 2 is 1.92 bits per heavy atom. The van der Waals surface area contributed by atoms with E-state index in [1.54, 1.807) is 12.5 Å². The number of aryl methyl sites for hydroxylation is 1. The quantitative estimate of drug-likeness (QED) is 0.715. The molecule has 0 N–H and O–H groups in total. The lowest BCUT2D eigenvalue weighted by atomic mass is 10.1. The minimum Gasteiger partial charge on any atom is -0.250 e. The summed E-state index contributed by atoms with van der Waals surface area (Å²) in [4.78, 5) is 0. The highest BCUT2D eigenvalue weighted by atomic mass is 32.2. The third kappa shape index (κ3) is 3.59. The molecule has 0 aliphatic heterocycles. The van der Waals surface area contributed by atoms with E-state index in [0.29, 0.717) is 6.54 Å². The van der Waals surface area contributed by atoms with Gasteiger partial charge in [0.05, 0.1) is 6.54 Å². The molecule has 0 unspecified atom stereocenters. The third-order valence-corrected chi connectivity index (χ3v) is 2.56. The molecule has 2 nitrogen and oxygen atoms in total. The van der Waals surface area contributed by atoms with Crippen LogP contribution in [0.25, 0.3) is 0 Å². The topological polar surface area (TPSA) is 29.4 Å². The fraction of sp³-hybridized carbons (Fsp3) is 0.400. The number of rotatable bonds is 2. The Bertz CT molecular complexity index is 395. The highest BCUT2D eigenvalue weighted by molar-refractivity contribution is 7.92. The fourth-order valence-electron chi connectivity index (χ4n) is 1.01. The van der Waals surface area contributed by atoms with E-state index in [1.165, 1.54) is 5.56 Å². The van der Waals surface area contributed by atoms with E-state index in [2.05, 4.69) is 4.36 Å². The minimum absolute atomic E-state index is 0.554. The first-order valence-electron chi connectivity index (χ1n) is 4.16. The number of nitrogens with zero attached hydrogens (tertiary/aromatic N) is 1. The Hall–Kier alpha value is -0.830. The first kappa shape index (κ1) is 10.3. The number of benzene rings is 1. The van der Waals surface area contributed by atoms with Crippen LogP contribution in [0, 0.1) is 6.92 Å². The van der Waals surface area contributed by atoms with Crippen LogP contribution in [0.3, 0.4) is 0 Å². The van der Waals surface area contributed by atoms with Gasteiger partial charge in [-0.3, -0.25) is 4.21 Å². The van der Waals surface area contributed by atoms with Crippen molar-refractivity contribution in [2.24, 2.45) is 4.36 Å². The van der Waals surface area contributed by atoms with Crippen LogP contribution < -0.4 is 0 Å². The van der Waals surface area contributed by atoms with E-state index in [-0.39, 0.29) is 0 Å². The molecule has 0 aromatic heterocycles. The first-order chi connectivity index (χ1) is 5.99. The molecule has 1 aromatic rings. The summed E-state index contributed by atoms with van der Waals surface area (Å²) in [6.45, 7) is 2.59. The van der Waals surface area contributed by atoms with E-state index in [9.17, 15) is 4.21 Å². The molecule has 72 valence electrons. The Balaban J connectivity index is 2.88. The molecule has 0 heterocycles. The summed E-state index contributed by atoms with van der Waals surface area (Å²) in [5.41, 5.74) is 2.36. The molecule has 0 bridgehead atoms. The van der Waals surface area contributed by atoms with Crippen molar-refractivity contribution in [2.45, 2.75) is 13.5 Å². The molecule has 0 aliphatic carbocycles. The van der Waals surface area contributed by atoms with Gasteiger partial charge in [-0.15, -0.1) is 0 Å². The average Bonchev–Trinajstić information content (AvgIpc) is 2.01. The van der Waals surface area contributed by atoms with Crippen LogP contribution in [-0.4, -0.2) is 16.7 Å². The summed E-state index contributed by atoms with van der Waals surface area (Å²) in [5, 5.41) is 0. The van der Waals surface area contributed by atoms with Gasteiger partial charge in [-0.2, -0.15) is 0 Å². The van der Waals surface area contributed by atoms with Crippen LogP contribution in [0.2, 0.25) is 0 Å². The van der Waals surface area contributed by atoms with Gasteiger partial charge in [0.25, 0.3) is 0 Å². The van der Waals surface area contributed by atoms with Crippen molar-refractivity contribution in [1.82, 2.24) is 0 Å². The van der Waals surface area contributed by atoms with Crippen molar-refractivity contribution in [3.63, 3.8) is 0 Å². The van der Waals surface area contributed by atoms with Crippen molar-refractivity contribution in [3.05, 3.63) is 35.4 Å². The van der Waals surface area contributed by atoms with Gasteiger partial charge in [-0.25, -0.2) is 4.36 Å². The summed E-state index contributed by atoms with van der Waals surface area (Å²) in [5.74, 6) is 0. The maximum atomic E-state index is 11.3. The van der Waals surface area contributed by atoms with Crippen molar-refractivity contribution in [2.75, 3.05) is 12.5 Å². The molecule has 0 atom stereocenters. The van der Waals surface area contributed by atoms with Gasteiger partial charge in [-0.05, 0) is 18.1 Å².